The maximum absolute atomic E-state index is 11.7. The fourth-order valence-electron chi connectivity index (χ4n) is 2.19. The second-order valence-electron chi connectivity index (χ2n) is 4.79. The van der Waals surface area contributed by atoms with Crippen molar-refractivity contribution in [3.63, 3.8) is 0 Å². The minimum absolute atomic E-state index is 0.174. The van der Waals surface area contributed by atoms with Gasteiger partial charge in [-0.1, -0.05) is 19.9 Å². The van der Waals surface area contributed by atoms with Gasteiger partial charge in [0.25, 0.3) is 0 Å². The summed E-state index contributed by atoms with van der Waals surface area (Å²) in [5.41, 5.74) is 2.52. The number of aromatic nitrogens is 1. The van der Waals surface area contributed by atoms with Crippen LogP contribution >= 0.6 is 0 Å². The van der Waals surface area contributed by atoms with Crippen LogP contribution in [0, 0.1) is 5.92 Å². The monoisotopic (exact) mass is 232 g/mol. The lowest BCUT2D eigenvalue weighted by molar-refractivity contribution is -0.122. The van der Waals surface area contributed by atoms with Crippen molar-refractivity contribution in [3.05, 3.63) is 23.4 Å². The van der Waals surface area contributed by atoms with E-state index in [9.17, 15) is 4.79 Å². The van der Waals surface area contributed by atoms with E-state index in [0.29, 0.717) is 18.7 Å². The number of carbonyl (C=O) groups is 1. The average Bonchev–Trinajstić information content (AvgIpc) is 2.41. The first-order chi connectivity index (χ1) is 8.20. The maximum atomic E-state index is 11.7. The number of nitrogens with zero attached hydrogens (tertiary/aromatic N) is 1. The Balaban J connectivity index is 2.24. The molecule has 1 unspecified atom stereocenters. The van der Waals surface area contributed by atoms with Crippen LogP contribution in [0.3, 0.4) is 0 Å². The normalized spacial score (nSPS) is 20.8. The van der Waals surface area contributed by atoms with Crippen molar-refractivity contribution in [1.29, 1.82) is 0 Å². The van der Waals surface area contributed by atoms with Crippen LogP contribution in [-0.4, -0.2) is 17.3 Å². The molecule has 17 heavy (non-hydrogen) atoms. The summed E-state index contributed by atoms with van der Waals surface area (Å²) in [6, 6.07) is 2.22. The number of hydrogen-bond acceptors (Lipinski definition) is 3. The van der Waals surface area contributed by atoms with Gasteiger partial charge in [0.2, 0.25) is 0 Å². The second kappa shape index (κ2) is 5.30. The molecule has 0 spiro atoms. The van der Waals surface area contributed by atoms with Gasteiger partial charge in [0.1, 0.15) is 11.6 Å². The lowest BCUT2D eigenvalue weighted by Crippen LogP contribution is -2.14. The summed E-state index contributed by atoms with van der Waals surface area (Å²) < 4.78 is 0. The first kappa shape index (κ1) is 12.1. The number of aryl methyl sites for hydroxylation is 2. The highest BCUT2D eigenvalue weighted by Gasteiger charge is 2.16. The van der Waals surface area contributed by atoms with Crippen LogP contribution in [0.5, 0.6) is 0 Å². The third-order valence-electron chi connectivity index (χ3n) is 3.49. The van der Waals surface area contributed by atoms with Crippen molar-refractivity contribution in [2.75, 3.05) is 11.9 Å². The van der Waals surface area contributed by atoms with E-state index in [1.54, 1.807) is 0 Å². The van der Waals surface area contributed by atoms with Crippen molar-refractivity contribution >= 4 is 11.6 Å². The molecule has 1 aromatic heterocycles. The summed E-state index contributed by atoms with van der Waals surface area (Å²) >= 11 is 0. The number of anilines is 1. The number of fused-ring (bicyclic) bond motifs is 1. The third-order valence-corrected chi connectivity index (χ3v) is 3.49. The molecule has 2 rings (SSSR count). The smallest absolute Gasteiger partial charge is 0.137 e. The molecule has 0 aromatic carbocycles. The van der Waals surface area contributed by atoms with Gasteiger partial charge in [-0.25, -0.2) is 4.98 Å². The molecular weight excluding hydrogens is 212 g/mol. The molecule has 0 saturated heterocycles. The quantitative estimate of drug-likeness (QED) is 0.809. The Hall–Kier alpha value is -1.38. The van der Waals surface area contributed by atoms with E-state index in [1.165, 1.54) is 11.1 Å². The topological polar surface area (TPSA) is 42.0 Å². The first-order valence-electron chi connectivity index (χ1n) is 6.45. The third kappa shape index (κ3) is 2.84. The number of carbonyl (C=O) groups excluding carboxylic acids is 1. The van der Waals surface area contributed by atoms with Crippen molar-refractivity contribution in [1.82, 2.24) is 4.98 Å². The molecule has 0 radical (unpaired) electrons. The summed E-state index contributed by atoms with van der Waals surface area (Å²) in [5, 5.41) is 3.28. The van der Waals surface area contributed by atoms with E-state index >= 15 is 0 Å². The number of ketones is 1. The maximum Gasteiger partial charge on any atom is 0.137 e. The fraction of sp³-hybridized carbons (Fsp3) is 0.571. The molecule has 2 heterocycles. The van der Waals surface area contributed by atoms with Gasteiger partial charge in [-0.05, 0) is 30.4 Å². The highest BCUT2D eigenvalue weighted by Crippen LogP contribution is 2.21. The first-order valence-corrected chi connectivity index (χ1v) is 6.45. The number of Topliss-reactive ketones (excluding diaryl/α,β-unsaturated/α-hetero) is 1. The van der Waals surface area contributed by atoms with E-state index in [1.807, 2.05) is 13.1 Å². The van der Waals surface area contributed by atoms with Gasteiger partial charge >= 0.3 is 0 Å². The van der Waals surface area contributed by atoms with Crippen molar-refractivity contribution in [3.8, 4) is 0 Å². The molecular formula is C14H20N2O. The van der Waals surface area contributed by atoms with Crippen molar-refractivity contribution in [2.45, 2.75) is 39.5 Å². The number of hydrogen-bond donors (Lipinski definition) is 1. The summed E-state index contributed by atoms with van der Waals surface area (Å²) in [6.07, 6.45) is 5.42. The van der Waals surface area contributed by atoms with E-state index in [-0.39, 0.29) is 5.92 Å². The standard InChI is InChI=1S/C14H20N2O/c1-3-11-8-12-5-4-10(2)13(17)6-7-15-14(12)16-9-11/h8-10H,3-7H2,1-2H3,(H,15,16). The van der Waals surface area contributed by atoms with Crippen LogP contribution < -0.4 is 5.32 Å². The zero-order valence-corrected chi connectivity index (χ0v) is 10.6. The predicted octanol–water partition coefficient (Wildman–Crippen LogP) is 2.60. The molecule has 0 bridgehead atoms. The summed E-state index contributed by atoms with van der Waals surface area (Å²) in [7, 11) is 0. The zero-order chi connectivity index (χ0) is 12.3. The number of pyridine rings is 1. The van der Waals surface area contributed by atoms with Crippen LogP contribution in [0.4, 0.5) is 5.82 Å². The Bertz CT molecular complexity index is 415. The summed E-state index contributed by atoms with van der Waals surface area (Å²) in [6.45, 7) is 4.87. The number of rotatable bonds is 1. The van der Waals surface area contributed by atoms with Crippen LogP contribution in [0.25, 0.3) is 0 Å². The van der Waals surface area contributed by atoms with Gasteiger partial charge < -0.3 is 5.32 Å². The van der Waals surface area contributed by atoms with E-state index in [2.05, 4.69) is 23.3 Å². The predicted molar refractivity (Wildman–Crippen MR) is 69.2 cm³/mol. The van der Waals surface area contributed by atoms with Crippen LogP contribution in [0.15, 0.2) is 12.3 Å². The summed E-state index contributed by atoms with van der Waals surface area (Å²) in [5.74, 6) is 1.50. The molecule has 1 atom stereocenters. The van der Waals surface area contributed by atoms with Gasteiger partial charge in [-0.15, -0.1) is 0 Å². The molecule has 0 aliphatic carbocycles. The van der Waals surface area contributed by atoms with Crippen molar-refractivity contribution in [2.24, 2.45) is 5.92 Å². The summed E-state index contributed by atoms with van der Waals surface area (Å²) in [4.78, 5) is 16.2. The minimum Gasteiger partial charge on any atom is -0.369 e. The van der Waals surface area contributed by atoms with Crippen molar-refractivity contribution < 1.29 is 4.79 Å². The molecule has 3 nitrogen and oxygen atoms in total. The molecule has 0 saturated carbocycles. The molecule has 1 aliphatic heterocycles. The van der Waals surface area contributed by atoms with E-state index in [4.69, 9.17) is 0 Å². The van der Waals surface area contributed by atoms with Crippen LogP contribution in [0.2, 0.25) is 0 Å². The van der Waals surface area contributed by atoms with Gasteiger partial charge in [0, 0.05) is 25.1 Å². The molecule has 1 aliphatic rings. The Morgan fingerprint density at radius 1 is 1.47 bits per heavy atom. The lowest BCUT2D eigenvalue weighted by atomic mass is 9.96. The van der Waals surface area contributed by atoms with Crippen LogP contribution in [-0.2, 0) is 17.6 Å². The Morgan fingerprint density at radius 2 is 2.29 bits per heavy atom. The molecule has 3 heteroatoms. The highest BCUT2D eigenvalue weighted by molar-refractivity contribution is 5.81. The molecule has 0 fully saturated rings. The molecule has 0 amide bonds. The van der Waals surface area contributed by atoms with Gasteiger partial charge in [0.05, 0.1) is 0 Å². The van der Waals surface area contributed by atoms with Gasteiger partial charge in [-0.2, -0.15) is 0 Å². The van der Waals surface area contributed by atoms with E-state index in [0.717, 1.165) is 25.1 Å². The largest absolute Gasteiger partial charge is 0.369 e. The average molecular weight is 232 g/mol. The minimum atomic E-state index is 0.174. The second-order valence-corrected chi connectivity index (χ2v) is 4.79. The van der Waals surface area contributed by atoms with Gasteiger partial charge in [0.15, 0.2) is 0 Å². The lowest BCUT2D eigenvalue weighted by Gasteiger charge is -2.10. The van der Waals surface area contributed by atoms with E-state index < -0.39 is 0 Å². The Labute approximate surface area is 103 Å². The number of nitrogens with one attached hydrogen (secondary N) is 1. The molecule has 92 valence electrons. The molecule has 1 aromatic rings. The Morgan fingerprint density at radius 3 is 3.06 bits per heavy atom. The molecule has 1 N–H and O–H groups in total. The van der Waals surface area contributed by atoms with Gasteiger partial charge in [-0.3, -0.25) is 4.79 Å². The SMILES string of the molecule is CCc1cnc2c(c1)CCC(C)C(=O)CCN2. The zero-order valence-electron chi connectivity index (χ0n) is 10.6. The fourth-order valence-corrected chi connectivity index (χ4v) is 2.19. The van der Waals surface area contributed by atoms with Crippen LogP contribution in [0.1, 0.15) is 37.8 Å². The Kier molecular flexibility index (Phi) is 3.77. The highest BCUT2D eigenvalue weighted by atomic mass is 16.1.